The van der Waals surface area contributed by atoms with E-state index in [1.54, 1.807) is 0 Å². The third-order valence-electron chi connectivity index (χ3n) is 3.92. The number of nitrogens with one attached hydrogen (secondary N) is 3. The number of ether oxygens (including phenoxy) is 1. The zero-order valence-electron chi connectivity index (χ0n) is 12.2. The van der Waals surface area contributed by atoms with Gasteiger partial charge in [-0.25, -0.2) is 21.2 Å². The average Bonchev–Trinajstić information content (AvgIpc) is 3.04. The Balaban J connectivity index is 1.47. The number of hydrogen-bond acceptors (Lipinski definition) is 5. The normalized spacial score (nSPS) is 28.5. The molecule has 0 bridgehead atoms. The van der Waals surface area contributed by atoms with E-state index in [0.29, 0.717) is 13.0 Å². The van der Waals surface area contributed by atoms with Crippen molar-refractivity contribution in [3.8, 4) is 0 Å². The molecular formula is C15H20BrN3O3. The van der Waals surface area contributed by atoms with Crippen molar-refractivity contribution in [2.24, 2.45) is 0 Å². The van der Waals surface area contributed by atoms with E-state index in [0.717, 1.165) is 29.3 Å². The van der Waals surface area contributed by atoms with Gasteiger partial charge in [0.15, 0.2) is 6.29 Å². The summed E-state index contributed by atoms with van der Waals surface area (Å²) in [6.45, 7) is 0.690. The van der Waals surface area contributed by atoms with Gasteiger partial charge in [0.1, 0.15) is 6.04 Å². The van der Waals surface area contributed by atoms with Gasteiger partial charge < -0.3 is 4.74 Å². The first kappa shape index (κ1) is 15.9. The topological polar surface area (TPSA) is 71.6 Å². The van der Waals surface area contributed by atoms with Crippen LogP contribution in [0, 0.1) is 0 Å². The molecule has 6 nitrogen and oxygen atoms in total. The molecule has 0 radical (unpaired) electrons. The molecule has 1 aromatic rings. The second-order valence-electron chi connectivity index (χ2n) is 5.56. The van der Waals surface area contributed by atoms with Crippen molar-refractivity contribution >= 4 is 21.8 Å². The van der Waals surface area contributed by atoms with Crippen molar-refractivity contribution in [3.05, 3.63) is 34.3 Å². The predicted molar refractivity (Wildman–Crippen MR) is 84.4 cm³/mol. The highest BCUT2D eigenvalue weighted by atomic mass is 79.9. The number of carbonyl (C=O) groups is 1. The van der Waals surface area contributed by atoms with Crippen LogP contribution in [0.25, 0.3) is 0 Å². The van der Waals surface area contributed by atoms with Gasteiger partial charge in [-0.3, -0.25) is 4.79 Å². The van der Waals surface area contributed by atoms with Gasteiger partial charge in [-0.15, -0.1) is 0 Å². The second-order valence-corrected chi connectivity index (χ2v) is 6.48. The Morgan fingerprint density at radius 1 is 1.27 bits per heavy atom. The van der Waals surface area contributed by atoms with Crippen molar-refractivity contribution in [2.75, 3.05) is 6.61 Å². The van der Waals surface area contributed by atoms with Gasteiger partial charge >= 0.3 is 0 Å². The van der Waals surface area contributed by atoms with Crippen LogP contribution in [0.1, 0.15) is 37.3 Å². The van der Waals surface area contributed by atoms with Crippen LogP contribution in [0.15, 0.2) is 28.7 Å². The summed E-state index contributed by atoms with van der Waals surface area (Å²) >= 11 is 3.42. The molecule has 0 aliphatic carbocycles. The molecule has 22 heavy (non-hydrogen) atoms. The number of hydroxylamine groups is 1. The molecule has 3 unspecified atom stereocenters. The van der Waals surface area contributed by atoms with E-state index in [1.807, 2.05) is 24.3 Å². The van der Waals surface area contributed by atoms with Crippen molar-refractivity contribution in [3.63, 3.8) is 0 Å². The zero-order valence-corrected chi connectivity index (χ0v) is 13.8. The fourth-order valence-electron chi connectivity index (χ4n) is 2.64. The lowest BCUT2D eigenvalue weighted by Crippen LogP contribution is -2.44. The lowest BCUT2D eigenvalue weighted by Gasteiger charge is -2.22. The Labute approximate surface area is 138 Å². The van der Waals surface area contributed by atoms with Gasteiger partial charge in [0.25, 0.3) is 5.91 Å². The lowest BCUT2D eigenvalue weighted by molar-refractivity contribution is -0.201. The van der Waals surface area contributed by atoms with Crippen molar-refractivity contribution in [1.29, 1.82) is 0 Å². The smallest absolute Gasteiger partial charge is 0.262 e. The van der Waals surface area contributed by atoms with E-state index in [2.05, 4.69) is 32.3 Å². The number of rotatable bonds is 4. The molecule has 120 valence electrons. The highest BCUT2D eigenvalue weighted by Gasteiger charge is 2.30. The van der Waals surface area contributed by atoms with E-state index in [9.17, 15) is 4.79 Å². The second kappa shape index (κ2) is 7.52. The minimum absolute atomic E-state index is 0.106. The fourth-order valence-corrected chi connectivity index (χ4v) is 2.91. The summed E-state index contributed by atoms with van der Waals surface area (Å²) in [5.74, 6) is -0.179. The van der Waals surface area contributed by atoms with Gasteiger partial charge in [-0.2, -0.15) is 0 Å². The quantitative estimate of drug-likeness (QED) is 0.707. The molecule has 2 fully saturated rings. The highest BCUT2D eigenvalue weighted by molar-refractivity contribution is 9.10. The summed E-state index contributed by atoms with van der Waals surface area (Å²) in [5.41, 5.74) is 9.80. The monoisotopic (exact) mass is 369 g/mol. The maximum absolute atomic E-state index is 12.1. The molecule has 3 atom stereocenters. The summed E-state index contributed by atoms with van der Waals surface area (Å²) in [5, 5.41) is 0. The maximum Gasteiger partial charge on any atom is 0.262 e. The summed E-state index contributed by atoms with van der Waals surface area (Å²) in [4.78, 5) is 17.4. The molecule has 0 spiro atoms. The minimum Gasteiger partial charge on any atom is -0.350 e. The summed E-state index contributed by atoms with van der Waals surface area (Å²) < 4.78 is 6.45. The van der Waals surface area contributed by atoms with Crippen LogP contribution < -0.4 is 16.3 Å². The Morgan fingerprint density at radius 3 is 2.82 bits per heavy atom. The summed E-state index contributed by atoms with van der Waals surface area (Å²) in [6, 6.07) is 7.85. The van der Waals surface area contributed by atoms with Crippen LogP contribution >= 0.6 is 15.9 Å². The van der Waals surface area contributed by atoms with Crippen molar-refractivity contribution in [1.82, 2.24) is 16.3 Å². The van der Waals surface area contributed by atoms with Crippen LogP contribution in [0.5, 0.6) is 0 Å². The van der Waals surface area contributed by atoms with Gasteiger partial charge in [0.2, 0.25) is 0 Å². The van der Waals surface area contributed by atoms with E-state index < -0.39 is 0 Å². The molecule has 2 aliphatic heterocycles. The largest absolute Gasteiger partial charge is 0.350 e. The van der Waals surface area contributed by atoms with E-state index in [1.165, 1.54) is 0 Å². The predicted octanol–water partition coefficient (Wildman–Crippen LogP) is 1.93. The molecular weight excluding hydrogens is 350 g/mol. The molecule has 7 heteroatoms. The van der Waals surface area contributed by atoms with Gasteiger partial charge in [0, 0.05) is 23.5 Å². The number of carbonyl (C=O) groups excluding carboxylic acids is 1. The Morgan fingerprint density at radius 2 is 2.09 bits per heavy atom. The summed E-state index contributed by atoms with van der Waals surface area (Å²) in [6.07, 6.45) is 3.28. The fraction of sp³-hybridized carbons (Fsp3) is 0.533. The molecule has 3 rings (SSSR count). The van der Waals surface area contributed by atoms with Crippen molar-refractivity contribution in [2.45, 2.75) is 44.1 Å². The van der Waals surface area contributed by atoms with Crippen molar-refractivity contribution < 1.29 is 14.4 Å². The standard InChI is InChI=1S/C15H20BrN3O3/c16-11-6-4-10(5-7-11)12-9-13(18-17-12)15(20)19-22-14-3-1-2-8-21-14/h4-7,12-14,17-18H,1-3,8-9H2,(H,19,20). The highest BCUT2D eigenvalue weighted by Crippen LogP contribution is 2.24. The molecule has 2 aliphatic rings. The number of hydrogen-bond donors (Lipinski definition) is 3. The van der Waals surface area contributed by atoms with Gasteiger partial charge in [-0.1, -0.05) is 28.1 Å². The number of halogens is 1. The van der Waals surface area contributed by atoms with Crippen LogP contribution in [0.2, 0.25) is 0 Å². The molecule has 3 N–H and O–H groups in total. The average molecular weight is 370 g/mol. The van der Waals surface area contributed by atoms with Crippen LogP contribution in [0.4, 0.5) is 0 Å². The third-order valence-corrected chi connectivity index (χ3v) is 4.45. The van der Waals surface area contributed by atoms with Crippen LogP contribution in [-0.2, 0) is 14.4 Å². The van der Waals surface area contributed by atoms with E-state index >= 15 is 0 Å². The maximum atomic E-state index is 12.1. The Hall–Kier alpha value is -0.990. The van der Waals surface area contributed by atoms with Gasteiger partial charge in [0.05, 0.1) is 0 Å². The first-order valence-corrected chi connectivity index (χ1v) is 8.35. The molecule has 2 saturated heterocycles. The van der Waals surface area contributed by atoms with E-state index in [4.69, 9.17) is 9.57 Å². The first-order chi connectivity index (χ1) is 10.7. The minimum atomic E-state index is -0.325. The molecule has 1 aromatic carbocycles. The zero-order chi connectivity index (χ0) is 15.4. The molecule has 2 heterocycles. The number of hydrazine groups is 1. The SMILES string of the molecule is O=C(NOC1CCCCO1)C1CC(c2ccc(Br)cc2)NN1. The summed E-state index contributed by atoms with van der Waals surface area (Å²) in [7, 11) is 0. The number of benzene rings is 1. The molecule has 0 saturated carbocycles. The van der Waals surface area contributed by atoms with Gasteiger partial charge in [-0.05, 0) is 37.0 Å². The number of amides is 1. The van der Waals surface area contributed by atoms with E-state index in [-0.39, 0.29) is 24.3 Å². The molecule has 1 amide bonds. The third kappa shape index (κ3) is 4.05. The lowest BCUT2D eigenvalue weighted by atomic mass is 10.0. The van der Waals surface area contributed by atoms with Crippen LogP contribution in [-0.4, -0.2) is 24.8 Å². The Bertz CT molecular complexity index is 505. The van der Waals surface area contributed by atoms with Crippen LogP contribution in [0.3, 0.4) is 0 Å². The molecule has 0 aromatic heterocycles. The first-order valence-electron chi connectivity index (χ1n) is 7.56. The Kier molecular flexibility index (Phi) is 5.43.